The molecule has 0 saturated carbocycles. The Bertz CT molecular complexity index is 771. The molecule has 3 rings (SSSR count). The van der Waals surface area contributed by atoms with Gasteiger partial charge < -0.3 is 9.26 Å². The van der Waals surface area contributed by atoms with E-state index in [1.165, 1.54) is 0 Å². The van der Waals surface area contributed by atoms with Crippen LogP contribution in [0.25, 0.3) is 11.4 Å². The summed E-state index contributed by atoms with van der Waals surface area (Å²) in [5.41, 5.74) is 1.73. The molecule has 1 heterocycles. The maximum atomic E-state index is 6.00. The number of anilines is 2. The zero-order valence-corrected chi connectivity index (χ0v) is 12.9. The number of hydrogen-bond acceptors (Lipinski definition) is 5. The lowest BCUT2D eigenvalue weighted by molar-refractivity contribution is 0.414. The molecule has 5 nitrogen and oxygen atoms in total. The van der Waals surface area contributed by atoms with Crippen LogP contribution < -0.4 is 9.64 Å². The maximum Gasteiger partial charge on any atom is 0.328 e. The van der Waals surface area contributed by atoms with Gasteiger partial charge in [0.15, 0.2) is 0 Å². The van der Waals surface area contributed by atoms with Crippen molar-refractivity contribution in [3.05, 3.63) is 53.6 Å². The van der Waals surface area contributed by atoms with Gasteiger partial charge in [-0.05, 0) is 42.5 Å². The number of benzene rings is 2. The van der Waals surface area contributed by atoms with Gasteiger partial charge in [-0.25, -0.2) is 0 Å². The summed E-state index contributed by atoms with van der Waals surface area (Å²) in [6.07, 6.45) is 0. The molecule has 6 heteroatoms. The summed E-state index contributed by atoms with van der Waals surface area (Å²) in [4.78, 5) is 6.19. The number of aromatic nitrogens is 2. The fraction of sp³-hybridized carbons (Fsp3) is 0.125. The normalized spacial score (nSPS) is 10.5. The molecule has 0 bridgehead atoms. The fourth-order valence-electron chi connectivity index (χ4n) is 2.00. The molecule has 112 valence electrons. The zero-order valence-electron chi connectivity index (χ0n) is 12.2. The Morgan fingerprint density at radius 3 is 2.59 bits per heavy atom. The van der Waals surface area contributed by atoms with E-state index in [2.05, 4.69) is 10.1 Å². The van der Waals surface area contributed by atoms with Crippen LogP contribution >= 0.6 is 11.6 Å². The lowest BCUT2D eigenvalue weighted by Gasteiger charge is -2.13. The molecular formula is C16H14ClN3O2. The number of nitrogens with zero attached hydrogens (tertiary/aromatic N) is 3. The van der Waals surface area contributed by atoms with E-state index in [-0.39, 0.29) is 0 Å². The van der Waals surface area contributed by atoms with Crippen molar-refractivity contribution in [1.82, 2.24) is 10.1 Å². The van der Waals surface area contributed by atoms with Crippen molar-refractivity contribution >= 4 is 23.3 Å². The molecule has 0 aliphatic heterocycles. The zero-order chi connectivity index (χ0) is 15.5. The second kappa shape index (κ2) is 6.07. The summed E-state index contributed by atoms with van der Waals surface area (Å²) in [5, 5.41) is 4.66. The third-order valence-corrected chi connectivity index (χ3v) is 3.48. The van der Waals surface area contributed by atoms with E-state index in [0.29, 0.717) is 16.9 Å². The second-order valence-electron chi connectivity index (χ2n) is 4.67. The van der Waals surface area contributed by atoms with E-state index in [1.54, 1.807) is 12.0 Å². The van der Waals surface area contributed by atoms with Gasteiger partial charge in [0.2, 0.25) is 5.82 Å². The minimum atomic E-state index is 0.396. The molecule has 0 N–H and O–H groups in total. The van der Waals surface area contributed by atoms with Gasteiger partial charge in [-0.15, -0.1) is 0 Å². The molecule has 3 aromatic rings. The van der Waals surface area contributed by atoms with Crippen molar-refractivity contribution in [2.75, 3.05) is 19.1 Å². The monoisotopic (exact) mass is 315 g/mol. The highest BCUT2D eigenvalue weighted by atomic mass is 35.5. The quantitative estimate of drug-likeness (QED) is 0.723. The molecule has 1 aromatic heterocycles. The van der Waals surface area contributed by atoms with Crippen molar-refractivity contribution in [2.45, 2.75) is 0 Å². The molecule has 22 heavy (non-hydrogen) atoms. The van der Waals surface area contributed by atoms with Gasteiger partial charge in [0.05, 0.1) is 7.11 Å². The van der Waals surface area contributed by atoms with Crippen molar-refractivity contribution < 1.29 is 9.26 Å². The average molecular weight is 316 g/mol. The molecule has 0 radical (unpaired) electrons. The highest BCUT2D eigenvalue weighted by Crippen LogP contribution is 2.27. The number of hydrogen-bond donors (Lipinski definition) is 0. The van der Waals surface area contributed by atoms with Crippen LogP contribution in [0.15, 0.2) is 53.1 Å². The first-order chi connectivity index (χ1) is 10.7. The van der Waals surface area contributed by atoms with Crippen LogP contribution in [0.2, 0.25) is 5.02 Å². The van der Waals surface area contributed by atoms with Gasteiger partial charge in [0.25, 0.3) is 0 Å². The molecular weight excluding hydrogens is 302 g/mol. The summed E-state index contributed by atoms with van der Waals surface area (Å²) in [7, 11) is 3.47. The van der Waals surface area contributed by atoms with Gasteiger partial charge in [0.1, 0.15) is 5.75 Å². The standard InChI is InChI=1S/C16H14ClN3O2/c1-20(13-5-3-4-12(17)10-13)16-18-15(19-22-16)11-6-8-14(21-2)9-7-11/h3-10H,1-2H3. The lowest BCUT2D eigenvalue weighted by Crippen LogP contribution is -2.09. The maximum absolute atomic E-state index is 6.00. The van der Waals surface area contributed by atoms with Crippen LogP contribution in [-0.4, -0.2) is 24.3 Å². The summed E-state index contributed by atoms with van der Waals surface area (Å²) in [6, 6.07) is 15.3. The molecule has 0 spiro atoms. The van der Waals surface area contributed by atoms with Gasteiger partial charge >= 0.3 is 6.01 Å². The lowest BCUT2D eigenvalue weighted by atomic mass is 10.2. The molecule has 0 unspecified atom stereocenters. The Kier molecular flexibility index (Phi) is 3.98. The summed E-state index contributed by atoms with van der Waals surface area (Å²) in [6.45, 7) is 0. The van der Waals surface area contributed by atoms with Crippen LogP contribution in [0.4, 0.5) is 11.7 Å². The largest absolute Gasteiger partial charge is 0.497 e. The van der Waals surface area contributed by atoms with Gasteiger partial charge in [-0.3, -0.25) is 4.90 Å². The molecule has 0 fully saturated rings. The summed E-state index contributed by atoms with van der Waals surface area (Å²) in [5.74, 6) is 1.30. The molecule has 0 saturated heterocycles. The summed E-state index contributed by atoms with van der Waals surface area (Å²) >= 11 is 6.00. The van der Waals surface area contributed by atoms with Crippen LogP contribution in [0, 0.1) is 0 Å². The number of halogens is 1. The van der Waals surface area contributed by atoms with E-state index >= 15 is 0 Å². The van der Waals surface area contributed by atoms with Gasteiger partial charge in [-0.1, -0.05) is 22.8 Å². The van der Waals surface area contributed by atoms with Crippen molar-refractivity contribution in [2.24, 2.45) is 0 Å². The summed E-state index contributed by atoms with van der Waals surface area (Å²) < 4.78 is 10.5. The van der Waals surface area contributed by atoms with Gasteiger partial charge in [-0.2, -0.15) is 4.98 Å². The first-order valence-corrected chi connectivity index (χ1v) is 7.02. The highest BCUT2D eigenvalue weighted by molar-refractivity contribution is 6.30. The first-order valence-electron chi connectivity index (χ1n) is 6.65. The highest BCUT2D eigenvalue weighted by Gasteiger charge is 2.14. The van der Waals surface area contributed by atoms with Crippen LogP contribution in [-0.2, 0) is 0 Å². The molecule has 0 aliphatic carbocycles. The Morgan fingerprint density at radius 2 is 1.91 bits per heavy atom. The predicted octanol–water partition coefficient (Wildman–Crippen LogP) is 4.17. The topological polar surface area (TPSA) is 51.4 Å². The van der Waals surface area contributed by atoms with Crippen molar-refractivity contribution in [1.29, 1.82) is 0 Å². The van der Waals surface area contributed by atoms with Crippen LogP contribution in [0.1, 0.15) is 0 Å². The van der Waals surface area contributed by atoms with E-state index in [1.807, 2.05) is 55.6 Å². The fourth-order valence-corrected chi connectivity index (χ4v) is 2.19. The Morgan fingerprint density at radius 1 is 1.14 bits per heavy atom. The smallest absolute Gasteiger partial charge is 0.328 e. The minimum Gasteiger partial charge on any atom is -0.497 e. The van der Waals surface area contributed by atoms with Gasteiger partial charge in [0, 0.05) is 23.3 Å². The minimum absolute atomic E-state index is 0.396. The molecule has 0 atom stereocenters. The Balaban J connectivity index is 1.86. The number of methoxy groups -OCH3 is 1. The molecule has 0 aliphatic rings. The van der Waals surface area contributed by atoms with E-state index < -0.39 is 0 Å². The molecule has 0 amide bonds. The first kappa shape index (κ1) is 14.4. The van der Waals surface area contributed by atoms with E-state index in [4.69, 9.17) is 20.9 Å². The van der Waals surface area contributed by atoms with E-state index in [0.717, 1.165) is 17.0 Å². The number of ether oxygens (including phenoxy) is 1. The predicted molar refractivity (Wildman–Crippen MR) is 85.8 cm³/mol. The molecule has 2 aromatic carbocycles. The van der Waals surface area contributed by atoms with Crippen LogP contribution in [0.5, 0.6) is 5.75 Å². The number of rotatable bonds is 4. The third kappa shape index (κ3) is 2.89. The SMILES string of the molecule is COc1ccc(-c2noc(N(C)c3cccc(Cl)c3)n2)cc1. The Labute approximate surface area is 133 Å². The van der Waals surface area contributed by atoms with E-state index in [9.17, 15) is 0 Å². The van der Waals surface area contributed by atoms with Crippen LogP contribution in [0.3, 0.4) is 0 Å². The average Bonchev–Trinajstić information content (AvgIpc) is 3.04. The van der Waals surface area contributed by atoms with Crippen molar-refractivity contribution in [3.8, 4) is 17.1 Å². The Hall–Kier alpha value is -2.53. The van der Waals surface area contributed by atoms with Crippen molar-refractivity contribution in [3.63, 3.8) is 0 Å². The third-order valence-electron chi connectivity index (χ3n) is 3.25. The second-order valence-corrected chi connectivity index (χ2v) is 5.10.